The maximum atomic E-state index is 14.3. The molecule has 0 aliphatic heterocycles. The van der Waals surface area contributed by atoms with Crippen molar-refractivity contribution < 1.29 is 9.13 Å². The Morgan fingerprint density at radius 3 is 2.58 bits per heavy atom. The van der Waals surface area contributed by atoms with Crippen LogP contribution in [0.2, 0.25) is 0 Å². The van der Waals surface area contributed by atoms with Crippen LogP contribution in [0.5, 0.6) is 5.75 Å². The van der Waals surface area contributed by atoms with Gasteiger partial charge in [0.2, 0.25) is 0 Å². The third kappa shape index (κ3) is 4.50. The Balaban J connectivity index is 2.71. The first-order chi connectivity index (χ1) is 8.88. The molecule has 0 saturated carbocycles. The van der Waals surface area contributed by atoms with Gasteiger partial charge in [0, 0.05) is 0 Å². The zero-order chi connectivity index (χ0) is 14.5. The van der Waals surface area contributed by atoms with Crippen LogP contribution in [0, 0.1) is 11.7 Å². The number of ether oxygens (including phenoxy) is 1. The van der Waals surface area contributed by atoms with Gasteiger partial charge in [-0.25, -0.2) is 4.39 Å². The molecule has 0 radical (unpaired) electrons. The van der Waals surface area contributed by atoms with Gasteiger partial charge < -0.3 is 10.1 Å². The zero-order valence-corrected chi connectivity index (χ0v) is 12.7. The second-order valence-electron chi connectivity index (χ2n) is 6.05. The number of methoxy groups -OCH3 is 1. The maximum Gasteiger partial charge on any atom is 0.168 e. The second kappa shape index (κ2) is 6.90. The van der Waals surface area contributed by atoms with E-state index in [9.17, 15) is 4.39 Å². The Hall–Kier alpha value is -1.09. The van der Waals surface area contributed by atoms with Gasteiger partial charge in [0.05, 0.1) is 7.11 Å². The summed E-state index contributed by atoms with van der Waals surface area (Å²) in [6.07, 6.45) is 0.893. The highest BCUT2D eigenvalue weighted by Crippen LogP contribution is 2.32. The number of benzene rings is 1. The number of nitrogens with one attached hydrogen (secondary N) is 1. The van der Waals surface area contributed by atoms with E-state index in [1.807, 2.05) is 12.1 Å². The molecule has 0 atom stereocenters. The van der Waals surface area contributed by atoms with Crippen molar-refractivity contribution >= 4 is 0 Å². The lowest BCUT2D eigenvalue weighted by molar-refractivity contribution is 0.369. The SMILES string of the molecule is COc1cccc(C(C)(C)CCNCC(C)C)c1F. The summed E-state index contributed by atoms with van der Waals surface area (Å²) in [5.74, 6) is 0.719. The van der Waals surface area contributed by atoms with E-state index in [2.05, 4.69) is 33.0 Å². The lowest BCUT2D eigenvalue weighted by Gasteiger charge is -2.26. The van der Waals surface area contributed by atoms with E-state index in [1.54, 1.807) is 6.07 Å². The molecule has 0 bridgehead atoms. The van der Waals surface area contributed by atoms with E-state index >= 15 is 0 Å². The van der Waals surface area contributed by atoms with Gasteiger partial charge in [0.15, 0.2) is 11.6 Å². The van der Waals surface area contributed by atoms with E-state index in [0.29, 0.717) is 11.7 Å². The molecule has 0 unspecified atom stereocenters. The lowest BCUT2D eigenvalue weighted by Crippen LogP contribution is -2.28. The molecule has 19 heavy (non-hydrogen) atoms. The van der Waals surface area contributed by atoms with Gasteiger partial charge in [-0.3, -0.25) is 0 Å². The standard InChI is InChI=1S/C16H26FNO/c1-12(2)11-18-10-9-16(3,4)13-7-6-8-14(19-5)15(13)17/h6-8,12,18H,9-11H2,1-5H3. The third-order valence-electron chi connectivity index (χ3n) is 3.39. The summed E-state index contributed by atoms with van der Waals surface area (Å²) >= 11 is 0. The Morgan fingerprint density at radius 1 is 1.32 bits per heavy atom. The molecule has 108 valence electrons. The fourth-order valence-electron chi connectivity index (χ4n) is 2.12. The molecule has 2 nitrogen and oxygen atoms in total. The number of hydrogen-bond acceptors (Lipinski definition) is 2. The van der Waals surface area contributed by atoms with Gasteiger partial charge >= 0.3 is 0 Å². The highest BCUT2D eigenvalue weighted by molar-refractivity contribution is 5.35. The Kier molecular flexibility index (Phi) is 5.80. The van der Waals surface area contributed by atoms with E-state index in [-0.39, 0.29) is 11.2 Å². The van der Waals surface area contributed by atoms with Crippen LogP contribution in [-0.4, -0.2) is 20.2 Å². The van der Waals surface area contributed by atoms with Gasteiger partial charge in [0.25, 0.3) is 0 Å². The third-order valence-corrected chi connectivity index (χ3v) is 3.39. The van der Waals surface area contributed by atoms with Crippen molar-refractivity contribution in [2.24, 2.45) is 5.92 Å². The van der Waals surface area contributed by atoms with Gasteiger partial charge in [-0.2, -0.15) is 0 Å². The van der Waals surface area contributed by atoms with Crippen LogP contribution >= 0.6 is 0 Å². The van der Waals surface area contributed by atoms with Crippen molar-refractivity contribution in [2.45, 2.75) is 39.5 Å². The molecule has 1 aromatic rings. The molecule has 0 fully saturated rings. The minimum Gasteiger partial charge on any atom is -0.494 e. The average molecular weight is 267 g/mol. The molecule has 0 aliphatic rings. The summed E-state index contributed by atoms with van der Waals surface area (Å²) in [6, 6.07) is 5.35. The molecule has 0 aliphatic carbocycles. The van der Waals surface area contributed by atoms with E-state index in [1.165, 1.54) is 7.11 Å². The second-order valence-corrected chi connectivity index (χ2v) is 6.05. The van der Waals surface area contributed by atoms with Crippen LogP contribution in [0.3, 0.4) is 0 Å². The summed E-state index contributed by atoms with van der Waals surface area (Å²) in [4.78, 5) is 0. The fraction of sp³-hybridized carbons (Fsp3) is 0.625. The van der Waals surface area contributed by atoms with Crippen LogP contribution in [0.4, 0.5) is 4.39 Å². The van der Waals surface area contributed by atoms with E-state index in [4.69, 9.17) is 4.74 Å². The fourth-order valence-corrected chi connectivity index (χ4v) is 2.12. The topological polar surface area (TPSA) is 21.3 Å². The Morgan fingerprint density at radius 2 is 2.00 bits per heavy atom. The molecule has 0 spiro atoms. The lowest BCUT2D eigenvalue weighted by atomic mass is 9.81. The molecule has 1 aromatic carbocycles. The van der Waals surface area contributed by atoms with E-state index < -0.39 is 0 Å². The average Bonchev–Trinajstić information content (AvgIpc) is 2.34. The Labute approximate surface area is 116 Å². The van der Waals surface area contributed by atoms with Crippen molar-refractivity contribution in [1.82, 2.24) is 5.32 Å². The maximum absolute atomic E-state index is 14.3. The van der Waals surface area contributed by atoms with Gasteiger partial charge in [-0.05, 0) is 42.5 Å². The highest BCUT2D eigenvalue weighted by atomic mass is 19.1. The number of halogens is 1. The zero-order valence-electron chi connectivity index (χ0n) is 12.7. The monoisotopic (exact) mass is 267 g/mol. The molecule has 3 heteroatoms. The predicted molar refractivity (Wildman–Crippen MR) is 78.3 cm³/mol. The minimum atomic E-state index is -0.237. The van der Waals surface area contributed by atoms with Gasteiger partial charge in [0.1, 0.15) is 0 Å². The summed E-state index contributed by atoms with van der Waals surface area (Å²) in [7, 11) is 1.50. The molecule has 1 rings (SSSR count). The molecule has 0 amide bonds. The molecule has 0 aromatic heterocycles. The first-order valence-corrected chi connectivity index (χ1v) is 6.92. The van der Waals surface area contributed by atoms with Crippen molar-refractivity contribution in [3.63, 3.8) is 0 Å². The number of rotatable bonds is 7. The van der Waals surface area contributed by atoms with Crippen molar-refractivity contribution in [3.05, 3.63) is 29.6 Å². The van der Waals surface area contributed by atoms with Crippen LogP contribution in [0.25, 0.3) is 0 Å². The highest BCUT2D eigenvalue weighted by Gasteiger charge is 2.25. The van der Waals surface area contributed by atoms with Crippen molar-refractivity contribution in [1.29, 1.82) is 0 Å². The molecule has 0 heterocycles. The quantitative estimate of drug-likeness (QED) is 0.760. The van der Waals surface area contributed by atoms with Crippen molar-refractivity contribution in [2.75, 3.05) is 20.2 Å². The summed E-state index contributed by atoms with van der Waals surface area (Å²) in [5.41, 5.74) is 0.515. The molecule has 0 saturated heterocycles. The summed E-state index contributed by atoms with van der Waals surface area (Å²) in [6.45, 7) is 10.4. The summed E-state index contributed by atoms with van der Waals surface area (Å²) < 4.78 is 19.3. The summed E-state index contributed by atoms with van der Waals surface area (Å²) in [5, 5.41) is 3.41. The van der Waals surface area contributed by atoms with Crippen molar-refractivity contribution in [3.8, 4) is 5.75 Å². The van der Waals surface area contributed by atoms with Crippen LogP contribution in [-0.2, 0) is 5.41 Å². The smallest absolute Gasteiger partial charge is 0.168 e. The minimum absolute atomic E-state index is 0.206. The largest absolute Gasteiger partial charge is 0.494 e. The van der Waals surface area contributed by atoms with Crippen LogP contribution in [0.1, 0.15) is 39.7 Å². The predicted octanol–water partition coefficient (Wildman–Crippen LogP) is 3.75. The Bertz CT molecular complexity index is 402. The normalized spacial score (nSPS) is 11.9. The first kappa shape index (κ1) is 16.0. The molecular formula is C16H26FNO. The van der Waals surface area contributed by atoms with Crippen LogP contribution in [0.15, 0.2) is 18.2 Å². The molecular weight excluding hydrogens is 241 g/mol. The van der Waals surface area contributed by atoms with Crippen LogP contribution < -0.4 is 10.1 Å². The van der Waals surface area contributed by atoms with Gasteiger partial charge in [-0.15, -0.1) is 0 Å². The van der Waals surface area contributed by atoms with Gasteiger partial charge in [-0.1, -0.05) is 39.8 Å². The number of hydrogen-bond donors (Lipinski definition) is 1. The molecule has 1 N–H and O–H groups in total. The first-order valence-electron chi connectivity index (χ1n) is 6.92. The van der Waals surface area contributed by atoms with E-state index in [0.717, 1.165) is 25.1 Å².